The third-order valence-electron chi connectivity index (χ3n) is 4.57. The zero-order valence-corrected chi connectivity index (χ0v) is 14.8. The van der Waals surface area contributed by atoms with E-state index in [1.165, 1.54) is 4.57 Å². The molecule has 0 atom stereocenters. The minimum atomic E-state index is -0.540. The number of nitrogens with two attached hydrogens (primary N) is 1. The number of rotatable bonds is 3. The molecule has 0 amide bonds. The van der Waals surface area contributed by atoms with Crippen LogP contribution in [-0.4, -0.2) is 25.1 Å². The standard InChI is InChI=1S/C19H17N5O3/c1-11-6-5-8-13(16(11)20)18(26)27-10-15-21-22-19-23(2)17(25)12-7-3-4-9-14(12)24(15)19/h3-9H,10,20H2,1-2H3. The van der Waals surface area contributed by atoms with Gasteiger partial charge in [-0.15, -0.1) is 10.2 Å². The average molecular weight is 363 g/mol. The molecule has 2 aromatic heterocycles. The topological polar surface area (TPSA) is 105 Å². The van der Waals surface area contributed by atoms with Gasteiger partial charge in [-0.2, -0.15) is 0 Å². The molecule has 2 aromatic carbocycles. The van der Waals surface area contributed by atoms with Crippen molar-refractivity contribution < 1.29 is 9.53 Å². The van der Waals surface area contributed by atoms with Crippen LogP contribution in [-0.2, 0) is 18.4 Å². The quantitative estimate of drug-likeness (QED) is 0.440. The summed E-state index contributed by atoms with van der Waals surface area (Å²) in [5.74, 6) is 0.248. The van der Waals surface area contributed by atoms with Gasteiger partial charge in [0.1, 0.15) is 0 Å². The lowest BCUT2D eigenvalue weighted by Gasteiger charge is -2.09. The van der Waals surface area contributed by atoms with Crippen molar-refractivity contribution in [3.8, 4) is 0 Å². The second kappa shape index (κ2) is 6.24. The second-order valence-electron chi connectivity index (χ2n) is 6.25. The number of esters is 1. The number of fused-ring (bicyclic) bond motifs is 3. The summed E-state index contributed by atoms with van der Waals surface area (Å²) in [4.78, 5) is 24.9. The number of nitrogens with zero attached hydrogens (tertiary/aromatic N) is 4. The van der Waals surface area contributed by atoms with Crippen molar-refractivity contribution in [3.05, 3.63) is 69.8 Å². The van der Waals surface area contributed by atoms with Crippen LogP contribution in [0, 0.1) is 6.92 Å². The number of carbonyl (C=O) groups excluding carboxylic acids is 1. The molecule has 0 saturated heterocycles. The van der Waals surface area contributed by atoms with Crippen molar-refractivity contribution >= 4 is 28.3 Å². The number of aromatic nitrogens is 4. The molecule has 136 valence electrons. The Bertz CT molecular complexity index is 1260. The van der Waals surface area contributed by atoms with Crippen molar-refractivity contribution in [1.82, 2.24) is 19.2 Å². The van der Waals surface area contributed by atoms with Gasteiger partial charge in [0.2, 0.25) is 5.78 Å². The first kappa shape index (κ1) is 16.8. The van der Waals surface area contributed by atoms with Crippen LogP contribution in [0.4, 0.5) is 5.69 Å². The first-order chi connectivity index (χ1) is 13.0. The summed E-state index contributed by atoms with van der Waals surface area (Å²) in [6.07, 6.45) is 0. The minimum Gasteiger partial charge on any atom is -0.454 e. The van der Waals surface area contributed by atoms with E-state index in [0.717, 1.165) is 5.56 Å². The van der Waals surface area contributed by atoms with Crippen molar-refractivity contribution in [2.75, 3.05) is 5.73 Å². The van der Waals surface area contributed by atoms with Crippen molar-refractivity contribution in [1.29, 1.82) is 0 Å². The zero-order chi connectivity index (χ0) is 19.1. The Hall–Kier alpha value is -3.68. The summed E-state index contributed by atoms with van der Waals surface area (Å²) in [6, 6.07) is 12.3. The van der Waals surface area contributed by atoms with Crippen LogP contribution in [0.3, 0.4) is 0 Å². The Labute approximate surface area is 153 Å². The Kier molecular flexibility index (Phi) is 3.88. The molecule has 4 aromatic rings. The predicted octanol–water partition coefficient (Wildman–Crippen LogP) is 1.83. The Balaban J connectivity index is 1.74. The number of hydrogen-bond acceptors (Lipinski definition) is 6. The fourth-order valence-corrected chi connectivity index (χ4v) is 3.05. The Morgan fingerprint density at radius 1 is 1.15 bits per heavy atom. The Morgan fingerprint density at radius 3 is 2.74 bits per heavy atom. The lowest BCUT2D eigenvalue weighted by molar-refractivity contribution is 0.0462. The van der Waals surface area contributed by atoms with Crippen LogP contribution in [0.1, 0.15) is 21.7 Å². The molecular weight excluding hydrogens is 346 g/mol. The molecule has 0 fully saturated rings. The molecule has 0 bridgehead atoms. The first-order valence-electron chi connectivity index (χ1n) is 8.33. The van der Waals surface area contributed by atoms with Crippen LogP contribution in [0.15, 0.2) is 47.3 Å². The van der Waals surface area contributed by atoms with E-state index in [2.05, 4.69) is 10.2 Å². The molecule has 0 unspecified atom stereocenters. The van der Waals surface area contributed by atoms with Crippen LogP contribution < -0.4 is 11.3 Å². The second-order valence-corrected chi connectivity index (χ2v) is 6.25. The van der Waals surface area contributed by atoms with E-state index in [1.807, 2.05) is 19.1 Å². The van der Waals surface area contributed by atoms with Gasteiger partial charge < -0.3 is 10.5 Å². The number of para-hydroxylation sites is 2. The third-order valence-corrected chi connectivity index (χ3v) is 4.57. The molecule has 0 saturated carbocycles. The van der Waals surface area contributed by atoms with Gasteiger partial charge in [-0.1, -0.05) is 24.3 Å². The van der Waals surface area contributed by atoms with Crippen LogP contribution >= 0.6 is 0 Å². The number of aryl methyl sites for hydroxylation is 2. The van der Waals surface area contributed by atoms with E-state index in [4.69, 9.17) is 10.5 Å². The van der Waals surface area contributed by atoms with E-state index in [9.17, 15) is 9.59 Å². The molecule has 0 radical (unpaired) electrons. The zero-order valence-electron chi connectivity index (χ0n) is 14.8. The van der Waals surface area contributed by atoms with Gasteiger partial charge >= 0.3 is 5.97 Å². The average Bonchev–Trinajstić information content (AvgIpc) is 3.10. The van der Waals surface area contributed by atoms with Crippen molar-refractivity contribution in [2.24, 2.45) is 7.05 Å². The fourth-order valence-electron chi connectivity index (χ4n) is 3.05. The molecule has 4 rings (SSSR count). The van der Waals surface area contributed by atoms with Crippen molar-refractivity contribution in [3.63, 3.8) is 0 Å². The highest BCUT2D eigenvalue weighted by Gasteiger charge is 2.17. The minimum absolute atomic E-state index is 0.102. The van der Waals surface area contributed by atoms with Gasteiger partial charge in [0.05, 0.1) is 16.5 Å². The number of ether oxygens (including phenoxy) is 1. The van der Waals surface area contributed by atoms with Gasteiger partial charge in [0, 0.05) is 12.7 Å². The third kappa shape index (κ3) is 2.62. The normalized spacial score (nSPS) is 11.2. The van der Waals surface area contributed by atoms with E-state index in [-0.39, 0.29) is 12.2 Å². The van der Waals surface area contributed by atoms with Gasteiger partial charge in [-0.3, -0.25) is 13.8 Å². The highest BCUT2D eigenvalue weighted by molar-refractivity contribution is 5.95. The van der Waals surface area contributed by atoms with Crippen LogP contribution in [0.2, 0.25) is 0 Å². The molecule has 27 heavy (non-hydrogen) atoms. The van der Waals surface area contributed by atoms with Crippen LogP contribution in [0.25, 0.3) is 16.7 Å². The number of benzene rings is 2. The maximum Gasteiger partial charge on any atom is 0.340 e. The van der Waals surface area contributed by atoms with Crippen LogP contribution in [0.5, 0.6) is 0 Å². The molecular formula is C19H17N5O3. The van der Waals surface area contributed by atoms with E-state index < -0.39 is 5.97 Å². The number of carbonyl (C=O) groups is 1. The van der Waals surface area contributed by atoms with Gasteiger partial charge in [0.15, 0.2) is 12.4 Å². The SMILES string of the molecule is Cc1cccc(C(=O)OCc2nnc3n(C)c(=O)c4ccccc4n23)c1N. The van der Waals surface area contributed by atoms with E-state index in [1.54, 1.807) is 41.8 Å². The molecule has 8 heteroatoms. The monoisotopic (exact) mass is 363 g/mol. The Morgan fingerprint density at radius 2 is 1.93 bits per heavy atom. The number of anilines is 1. The summed E-state index contributed by atoms with van der Waals surface area (Å²) in [5.41, 5.74) is 7.95. The smallest absolute Gasteiger partial charge is 0.340 e. The highest BCUT2D eigenvalue weighted by atomic mass is 16.5. The van der Waals surface area contributed by atoms with Crippen molar-refractivity contribution in [2.45, 2.75) is 13.5 Å². The largest absolute Gasteiger partial charge is 0.454 e. The van der Waals surface area contributed by atoms with E-state index >= 15 is 0 Å². The summed E-state index contributed by atoms with van der Waals surface area (Å²) in [5, 5.41) is 8.70. The lowest BCUT2D eigenvalue weighted by atomic mass is 10.1. The number of nitrogen functional groups attached to an aromatic ring is 1. The van der Waals surface area contributed by atoms with Gasteiger partial charge in [-0.25, -0.2) is 4.79 Å². The fraction of sp³-hybridized carbons (Fsp3) is 0.158. The summed E-state index contributed by atoms with van der Waals surface area (Å²) < 4.78 is 8.53. The lowest BCUT2D eigenvalue weighted by Crippen LogP contribution is -2.20. The molecule has 0 aliphatic rings. The molecule has 2 heterocycles. The summed E-state index contributed by atoms with van der Waals surface area (Å²) in [7, 11) is 1.63. The molecule has 0 aliphatic carbocycles. The first-order valence-corrected chi connectivity index (χ1v) is 8.33. The van der Waals surface area contributed by atoms with Gasteiger partial charge in [-0.05, 0) is 30.7 Å². The summed E-state index contributed by atoms with van der Waals surface area (Å²) >= 11 is 0. The predicted molar refractivity (Wildman–Crippen MR) is 100 cm³/mol. The maximum absolute atomic E-state index is 12.5. The maximum atomic E-state index is 12.5. The highest BCUT2D eigenvalue weighted by Crippen LogP contribution is 2.19. The van der Waals surface area contributed by atoms with Gasteiger partial charge in [0.25, 0.3) is 5.56 Å². The molecule has 2 N–H and O–H groups in total. The summed E-state index contributed by atoms with van der Waals surface area (Å²) in [6.45, 7) is 1.72. The molecule has 0 aliphatic heterocycles. The molecule has 8 nitrogen and oxygen atoms in total. The van der Waals surface area contributed by atoms with E-state index in [0.29, 0.717) is 33.8 Å². The number of hydrogen-bond donors (Lipinski definition) is 1. The molecule has 0 spiro atoms.